The summed E-state index contributed by atoms with van der Waals surface area (Å²) in [4.78, 5) is 6.13. The van der Waals surface area contributed by atoms with Crippen LogP contribution in [-0.2, 0) is 0 Å². The standard InChI is InChI=1S/C8H8N2S/c11-8-9-6-4-2-1-3-5-7(6)10-8/h1-2,4-5H,3H2,(H2,9,10,11). The lowest BCUT2D eigenvalue weighted by Gasteiger charge is -1.73. The van der Waals surface area contributed by atoms with Gasteiger partial charge in [0.15, 0.2) is 4.77 Å². The smallest absolute Gasteiger partial charge is 0.175 e. The van der Waals surface area contributed by atoms with Crippen LogP contribution in [0.3, 0.4) is 0 Å². The van der Waals surface area contributed by atoms with Crippen molar-refractivity contribution in [1.29, 1.82) is 0 Å². The van der Waals surface area contributed by atoms with Crippen molar-refractivity contribution in [2.75, 3.05) is 0 Å². The first-order valence-electron chi connectivity index (χ1n) is 3.51. The van der Waals surface area contributed by atoms with Crippen molar-refractivity contribution in [2.24, 2.45) is 0 Å². The highest BCUT2D eigenvalue weighted by molar-refractivity contribution is 7.71. The molecule has 56 valence electrons. The van der Waals surface area contributed by atoms with Gasteiger partial charge in [0.2, 0.25) is 0 Å². The minimum Gasteiger partial charge on any atom is -0.331 e. The maximum Gasteiger partial charge on any atom is 0.175 e. The Kier molecular flexibility index (Phi) is 1.51. The third kappa shape index (κ3) is 1.19. The Hall–Kier alpha value is -1.09. The maximum atomic E-state index is 4.95. The monoisotopic (exact) mass is 164 g/mol. The molecule has 0 atom stereocenters. The number of aromatic nitrogens is 2. The average molecular weight is 164 g/mol. The summed E-state index contributed by atoms with van der Waals surface area (Å²) < 4.78 is 0.692. The van der Waals surface area contributed by atoms with Gasteiger partial charge in [0, 0.05) is 0 Å². The second-order valence-corrected chi connectivity index (χ2v) is 2.85. The molecule has 1 aliphatic carbocycles. The first-order valence-corrected chi connectivity index (χ1v) is 3.92. The molecular formula is C8H8N2S. The minimum absolute atomic E-state index is 0.692. The summed E-state index contributed by atoms with van der Waals surface area (Å²) in [6.45, 7) is 0. The van der Waals surface area contributed by atoms with Gasteiger partial charge in [-0.1, -0.05) is 18.2 Å². The molecule has 3 heteroatoms. The van der Waals surface area contributed by atoms with Gasteiger partial charge in [-0.25, -0.2) is 0 Å². The van der Waals surface area contributed by atoms with Gasteiger partial charge in [0.05, 0.1) is 10.7 Å². The zero-order valence-corrected chi connectivity index (χ0v) is 6.74. The van der Waals surface area contributed by atoms with E-state index in [1.807, 2.05) is 12.2 Å². The maximum absolute atomic E-state index is 4.95. The van der Waals surface area contributed by atoms with E-state index in [2.05, 4.69) is 22.1 Å². The van der Waals surface area contributed by atoms with E-state index in [4.69, 9.17) is 12.2 Å². The fourth-order valence-electron chi connectivity index (χ4n) is 1.13. The normalized spacial score (nSPS) is 14.5. The lowest BCUT2D eigenvalue weighted by Crippen LogP contribution is -2.23. The molecule has 0 saturated heterocycles. The van der Waals surface area contributed by atoms with Crippen molar-refractivity contribution < 1.29 is 0 Å². The molecule has 2 nitrogen and oxygen atoms in total. The number of hydrogen-bond donors (Lipinski definition) is 2. The van der Waals surface area contributed by atoms with E-state index in [0.717, 1.165) is 17.1 Å². The summed E-state index contributed by atoms with van der Waals surface area (Å²) >= 11 is 4.95. The Labute approximate surface area is 69.0 Å². The van der Waals surface area contributed by atoms with Gasteiger partial charge >= 0.3 is 0 Å². The van der Waals surface area contributed by atoms with Crippen LogP contribution in [0, 0.1) is 4.77 Å². The van der Waals surface area contributed by atoms with Gasteiger partial charge in [-0.05, 0) is 24.7 Å². The van der Waals surface area contributed by atoms with Gasteiger partial charge in [-0.3, -0.25) is 0 Å². The number of aromatic amines is 2. The van der Waals surface area contributed by atoms with Crippen molar-refractivity contribution in [3.63, 3.8) is 0 Å². The first-order chi connectivity index (χ1) is 5.36. The van der Waals surface area contributed by atoms with Crippen molar-refractivity contribution in [1.82, 2.24) is 9.97 Å². The highest BCUT2D eigenvalue weighted by atomic mass is 32.1. The van der Waals surface area contributed by atoms with Crippen molar-refractivity contribution in [3.05, 3.63) is 27.6 Å². The predicted molar refractivity (Wildman–Crippen MR) is 47.9 cm³/mol. The van der Waals surface area contributed by atoms with E-state index in [1.54, 1.807) is 0 Å². The zero-order chi connectivity index (χ0) is 7.68. The van der Waals surface area contributed by atoms with Crippen LogP contribution in [0.4, 0.5) is 0 Å². The van der Waals surface area contributed by atoms with Crippen LogP contribution in [0.25, 0.3) is 12.2 Å². The Morgan fingerprint density at radius 2 is 2.09 bits per heavy atom. The SMILES string of the molecule is S=c1[nH]c2c([nH]1)=CCC=CC=2. The molecule has 2 N–H and O–H groups in total. The van der Waals surface area contributed by atoms with Gasteiger partial charge in [0.1, 0.15) is 0 Å². The Bertz CT molecular complexity index is 447. The van der Waals surface area contributed by atoms with Crippen LogP contribution in [-0.4, -0.2) is 9.97 Å². The number of H-pyrrole nitrogens is 2. The summed E-state index contributed by atoms with van der Waals surface area (Å²) in [5.41, 5.74) is 0. The average Bonchev–Trinajstić information content (AvgIpc) is 2.17. The molecule has 0 bridgehead atoms. The molecule has 1 heterocycles. The van der Waals surface area contributed by atoms with Gasteiger partial charge in [-0.2, -0.15) is 0 Å². The number of imidazole rings is 1. The van der Waals surface area contributed by atoms with Crippen molar-refractivity contribution in [3.8, 4) is 0 Å². The molecule has 0 radical (unpaired) electrons. The molecule has 11 heavy (non-hydrogen) atoms. The lowest BCUT2D eigenvalue weighted by atomic mass is 10.4. The number of nitrogens with one attached hydrogen (secondary N) is 2. The summed E-state index contributed by atoms with van der Waals surface area (Å²) in [6, 6.07) is 0. The van der Waals surface area contributed by atoms with E-state index < -0.39 is 0 Å². The largest absolute Gasteiger partial charge is 0.331 e. The quantitative estimate of drug-likeness (QED) is 0.540. The van der Waals surface area contributed by atoms with E-state index in [9.17, 15) is 0 Å². The highest BCUT2D eigenvalue weighted by Crippen LogP contribution is 1.86. The molecule has 1 aromatic heterocycles. The molecule has 1 aliphatic rings. The number of fused-ring (bicyclic) bond motifs is 1. The predicted octanol–water partition coefficient (Wildman–Crippen LogP) is 0.593. The van der Waals surface area contributed by atoms with E-state index in [-0.39, 0.29) is 0 Å². The molecule has 0 spiro atoms. The summed E-state index contributed by atoms with van der Waals surface area (Å²) in [7, 11) is 0. The third-order valence-corrected chi connectivity index (χ3v) is 1.85. The molecule has 0 fully saturated rings. The van der Waals surface area contributed by atoms with Crippen LogP contribution < -0.4 is 10.7 Å². The van der Waals surface area contributed by atoms with E-state index in [1.165, 1.54) is 0 Å². The summed E-state index contributed by atoms with van der Waals surface area (Å²) in [6.07, 6.45) is 9.23. The van der Waals surface area contributed by atoms with Crippen LogP contribution >= 0.6 is 12.2 Å². The van der Waals surface area contributed by atoms with Gasteiger partial charge < -0.3 is 9.97 Å². The van der Waals surface area contributed by atoms with Gasteiger partial charge in [-0.15, -0.1) is 0 Å². The summed E-state index contributed by atoms with van der Waals surface area (Å²) in [5.74, 6) is 0. The molecule has 0 aromatic carbocycles. The summed E-state index contributed by atoms with van der Waals surface area (Å²) in [5, 5.41) is 2.17. The second kappa shape index (κ2) is 2.51. The molecule has 2 rings (SSSR count). The third-order valence-electron chi connectivity index (χ3n) is 1.64. The van der Waals surface area contributed by atoms with Crippen LogP contribution in [0.1, 0.15) is 6.42 Å². The number of rotatable bonds is 0. The molecular weight excluding hydrogens is 156 g/mol. The lowest BCUT2D eigenvalue weighted by molar-refractivity contribution is 1.24. The van der Waals surface area contributed by atoms with Gasteiger partial charge in [0.25, 0.3) is 0 Å². The number of allylic oxidation sites excluding steroid dienone is 2. The number of hydrogen-bond acceptors (Lipinski definition) is 1. The molecule has 1 aromatic rings. The van der Waals surface area contributed by atoms with Crippen molar-refractivity contribution >= 4 is 24.4 Å². The topological polar surface area (TPSA) is 31.6 Å². The van der Waals surface area contributed by atoms with E-state index >= 15 is 0 Å². The van der Waals surface area contributed by atoms with Crippen molar-refractivity contribution in [2.45, 2.75) is 6.42 Å². The van der Waals surface area contributed by atoms with Crippen LogP contribution in [0.5, 0.6) is 0 Å². The highest BCUT2D eigenvalue weighted by Gasteiger charge is 1.88. The molecule has 0 aliphatic heterocycles. The fourth-order valence-corrected chi connectivity index (χ4v) is 1.35. The van der Waals surface area contributed by atoms with Crippen LogP contribution in [0.15, 0.2) is 12.2 Å². The first kappa shape index (κ1) is 6.61. The Morgan fingerprint density at radius 1 is 1.27 bits per heavy atom. The molecule has 0 unspecified atom stereocenters. The Balaban J connectivity index is 2.90. The second-order valence-electron chi connectivity index (χ2n) is 2.44. The Morgan fingerprint density at radius 3 is 3.00 bits per heavy atom. The van der Waals surface area contributed by atoms with E-state index in [0.29, 0.717) is 4.77 Å². The zero-order valence-electron chi connectivity index (χ0n) is 5.92. The van der Waals surface area contributed by atoms with Crippen LogP contribution in [0.2, 0.25) is 0 Å². The molecule has 0 amide bonds. The molecule has 0 saturated carbocycles. The fraction of sp³-hybridized carbons (Fsp3) is 0.125. The minimum atomic E-state index is 0.692.